The Bertz CT molecular complexity index is 552. The zero-order valence-corrected chi connectivity index (χ0v) is 14.1. The molecule has 1 aliphatic rings. The molecule has 0 saturated heterocycles. The number of rotatable bonds is 7. The number of hydrogen-bond donors (Lipinski definition) is 1. The van der Waals surface area contributed by atoms with Gasteiger partial charge in [0, 0.05) is 23.6 Å². The lowest BCUT2D eigenvalue weighted by molar-refractivity contribution is -0.138. The first-order valence-corrected chi connectivity index (χ1v) is 8.92. The highest BCUT2D eigenvalue weighted by atomic mass is 79.9. The molecule has 1 saturated carbocycles. The SMILES string of the molecule is CCc1nn(C)c(CS(=O)CC2(CC(=O)O)CC2)c1Br. The zero-order valence-electron chi connectivity index (χ0n) is 11.7. The van der Waals surface area contributed by atoms with Gasteiger partial charge < -0.3 is 5.11 Å². The first-order chi connectivity index (χ1) is 9.37. The highest BCUT2D eigenvalue weighted by Crippen LogP contribution is 2.49. The van der Waals surface area contributed by atoms with Crippen LogP contribution in [0.1, 0.15) is 37.6 Å². The van der Waals surface area contributed by atoms with E-state index in [9.17, 15) is 9.00 Å². The molecule has 0 radical (unpaired) electrons. The van der Waals surface area contributed by atoms with Crippen LogP contribution in [0.25, 0.3) is 0 Å². The van der Waals surface area contributed by atoms with E-state index in [1.54, 1.807) is 4.68 Å². The molecule has 20 heavy (non-hydrogen) atoms. The number of halogens is 1. The fourth-order valence-electron chi connectivity index (χ4n) is 2.39. The molecule has 1 N–H and O–H groups in total. The summed E-state index contributed by atoms with van der Waals surface area (Å²) in [6, 6.07) is 0. The van der Waals surface area contributed by atoms with E-state index in [1.165, 1.54) is 0 Å². The molecular formula is C13H19BrN2O3S. The number of carboxylic acid groups (broad SMARTS) is 1. The molecule has 2 rings (SSSR count). The number of hydrogen-bond acceptors (Lipinski definition) is 3. The smallest absolute Gasteiger partial charge is 0.303 e. The maximum Gasteiger partial charge on any atom is 0.303 e. The molecule has 0 spiro atoms. The van der Waals surface area contributed by atoms with Crippen molar-refractivity contribution < 1.29 is 14.1 Å². The van der Waals surface area contributed by atoms with E-state index in [0.717, 1.165) is 35.1 Å². The maximum absolute atomic E-state index is 12.3. The van der Waals surface area contributed by atoms with Crippen LogP contribution in [0.3, 0.4) is 0 Å². The molecule has 5 nitrogen and oxygen atoms in total. The second-order valence-electron chi connectivity index (χ2n) is 5.48. The molecule has 1 aromatic heterocycles. The summed E-state index contributed by atoms with van der Waals surface area (Å²) in [7, 11) is 0.790. The van der Waals surface area contributed by atoms with Crippen LogP contribution in [0.15, 0.2) is 4.47 Å². The topological polar surface area (TPSA) is 72.2 Å². The maximum atomic E-state index is 12.3. The average Bonchev–Trinajstić information content (AvgIpc) is 3.03. The van der Waals surface area contributed by atoms with Crippen LogP contribution in [0.5, 0.6) is 0 Å². The quantitative estimate of drug-likeness (QED) is 0.807. The second kappa shape index (κ2) is 5.97. The van der Waals surface area contributed by atoms with Gasteiger partial charge in [-0.1, -0.05) is 6.92 Å². The summed E-state index contributed by atoms with van der Waals surface area (Å²) in [6.07, 6.45) is 2.70. The highest BCUT2D eigenvalue weighted by molar-refractivity contribution is 9.10. The van der Waals surface area contributed by atoms with Crippen molar-refractivity contribution in [2.24, 2.45) is 12.5 Å². The number of aromatic nitrogens is 2. The normalized spacial score (nSPS) is 17.9. The van der Waals surface area contributed by atoms with Crippen LogP contribution in [0.2, 0.25) is 0 Å². The standard InChI is InChI=1S/C13H19BrN2O3S/c1-3-9-12(14)10(16(2)15-9)7-20(19)8-13(4-5-13)6-11(17)18/h3-8H2,1-2H3,(H,17,18). The lowest BCUT2D eigenvalue weighted by Gasteiger charge is -2.12. The molecule has 1 unspecified atom stereocenters. The van der Waals surface area contributed by atoms with Crippen LogP contribution in [0, 0.1) is 5.41 Å². The van der Waals surface area contributed by atoms with Crippen molar-refractivity contribution in [3.05, 3.63) is 15.9 Å². The largest absolute Gasteiger partial charge is 0.481 e. The van der Waals surface area contributed by atoms with Crippen molar-refractivity contribution in [1.82, 2.24) is 9.78 Å². The fourth-order valence-corrected chi connectivity index (χ4v) is 5.15. The van der Waals surface area contributed by atoms with Gasteiger partial charge in [0.15, 0.2) is 0 Å². The minimum atomic E-state index is -1.06. The van der Waals surface area contributed by atoms with E-state index < -0.39 is 16.8 Å². The van der Waals surface area contributed by atoms with Gasteiger partial charge in [0.25, 0.3) is 0 Å². The third-order valence-corrected chi connectivity index (χ3v) is 6.20. The molecule has 112 valence electrons. The van der Waals surface area contributed by atoms with Crippen LogP contribution >= 0.6 is 15.9 Å². The minimum absolute atomic E-state index is 0.130. The molecule has 1 fully saturated rings. The summed E-state index contributed by atoms with van der Waals surface area (Å²) >= 11 is 3.51. The Kier molecular flexibility index (Phi) is 4.69. The Morgan fingerprint density at radius 1 is 1.55 bits per heavy atom. The first-order valence-electron chi connectivity index (χ1n) is 6.64. The number of carbonyl (C=O) groups is 1. The van der Waals surface area contributed by atoms with E-state index in [0.29, 0.717) is 11.5 Å². The van der Waals surface area contributed by atoms with Crippen molar-refractivity contribution >= 4 is 32.7 Å². The third kappa shape index (κ3) is 3.49. The Morgan fingerprint density at radius 2 is 2.20 bits per heavy atom. The summed E-state index contributed by atoms with van der Waals surface area (Å²) in [4.78, 5) is 10.8. The van der Waals surface area contributed by atoms with Gasteiger partial charge in [-0.3, -0.25) is 13.7 Å². The lowest BCUT2D eigenvalue weighted by Crippen LogP contribution is -2.18. The van der Waals surface area contributed by atoms with Gasteiger partial charge in [-0.05, 0) is 40.6 Å². The van der Waals surface area contributed by atoms with Gasteiger partial charge in [0.05, 0.1) is 28.0 Å². The Labute approximate surface area is 129 Å². The summed E-state index contributed by atoms with van der Waals surface area (Å²) in [5, 5.41) is 13.3. The lowest BCUT2D eigenvalue weighted by atomic mass is 10.1. The molecule has 0 aromatic carbocycles. The molecule has 0 amide bonds. The van der Waals surface area contributed by atoms with Gasteiger partial charge in [0.1, 0.15) is 0 Å². The summed E-state index contributed by atoms with van der Waals surface area (Å²) in [5.41, 5.74) is 1.66. The molecule has 1 atom stereocenters. The Hall–Kier alpha value is -0.690. The van der Waals surface area contributed by atoms with Crippen LogP contribution < -0.4 is 0 Å². The molecular weight excluding hydrogens is 344 g/mol. The summed E-state index contributed by atoms with van der Waals surface area (Å²) in [6.45, 7) is 2.03. The van der Waals surface area contributed by atoms with Gasteiger partial charge in [-0.25, -0.2) is 0 Å². The van der Waals surface area contributed by atoms with Crippen molar-refractivity contribution in [3.8, 4) is 0 Å². The van der Waals surface area contributed by atoms with Crippen LogP contribution in [-0.4, -0.2) is 30.8 Å². The average molecular weight is 363 g/mol. The number of nitrogens with zero attached hydrogens (tertiary/aromatic N) is 2. The molecule has 1 heterocycles. The molecule has 0 aliphatic heterocycles. The van der Waals surface area contributed by atoms with E-state index in [2.05, 4.69) is 21.0 Å². The van der Waals surface area contributed by atoms with Gasteiger partial charge in [-0.2, -0.15) is 5.10 Å². The Balaban J connectivity index is 2.02. The van der Waals surface area contributed by atoms with Crippen molar-refractivity contribution in [1.29, 1.82) is 0 Å². The first kappa shape index (κ1) is 15.7. The zero-order chi connectivity index (χ0) is 14.9. The predicted octanol–water partition coefficient (Wildman–Crippen LogP) is 2.25. The molecule has 0 bridgehead atoms. The summed E-state index contributed by atoms with van der Waals surface area (Å²) in [5.74, 6) is 0.0959. The van der Waals surface area contributed by atoms with Crippen molar-refractivity contribution in [2.45, 2.75) is 38.4 Å². The van der Waals surface area contributed by atoms with Gasteiger partial charge >= 0.3 is 5.97 Å². The number of aryl methyl sites for hydroxylation is 2. The predicted molar refractivity (Wildman–Crippen MR) is 80.9 cm³/mol. The molecule has 1 aliphatic carbocycles. The monoisotopic (exact) mass is 362 g/mol. The highest BCUT2D eigenvalue weighted by Gasteiger charge is 2.45. The van der Waals surface area contributed by atoms with E-state index in [-0.39, 0.29) is 11.8 Å². The molecule has 1 aromatic rings. The van der Waals surface area contributed by atoms with Gasteiger partial charge in [0.2, 0.25) is 0 Å². The number of carboxylic acids is 1. The van der Waals surface area contributed by atoms with Crippen molar-refractivity contribution in [3.63, 3.8) is 0 Å². The third-order valence-electron chi connectivity index (χ3n) is 3.75. The Morgan fingerprint density at radius 3 is 2.65 bits per heavy atom. The minimum Gasteiger partial charge on any atom is -0.481 e. The summed E-state index contributed by atoms with van der Waals surface area (Å²) < 4.78 is 15.0. The van der Waals surface area contributed by atoms with E-state index >= 15 is 0 Å². The van der Waals surface area contributed by atoms with Gasteiger partial charge in [-0.15, -0.1) is 0 Å². The number of aliphatic carboxylic acids is 1. The van der Waals surface area contributed by atoms with E-state index in [4.69, 9.17) is 5.11 Å². The van der Waals surface area contributed by atoms with Crippen LogP contribution in [-0.2, 0) is 34.8 Å². The van der Waals surface area contributed by atoms with Crippen molar-refractivity contribution in [2.75, 3.05) is 5.75 Å². The molecule has 7 heteroatoms. The fraction of sp³-hybridized carbons (Fsp3) is 0.692. The second-order valence-corrected chi connectivity index (χ2v) is 7.73. The van der Waals surface area contributed by atoms with E-state index in [1.807, 2.05) is 14.0 Å². The van der Waals surface area contributed by atoms with Crippen LogP contribution in [0.4, 0.5) is 0 Å².